The molecule has 3 fully saturated rings. The van der Waals surface area contributed by atoms with E-state index in [0.29, 0.717) is 6.17 Å². The quantitative estimate of drug-likeness (QED) is 0.751. The topological polar surface area (TPSA) is 61.6 Å². The van der Waals surface area contributed by atoms with Crippen molar-refractivity contribution < 1.29 is 4.79 Å². The van der Waals surface area contributed by atoms with Crippen molar-refractivity contribution in [3.8, 4) is 0 Å². The van der Waals surface area contributed by atoms with Gasteiger partial charge in [-0.3, -0.25) is 10.1 Å². The molecule has 1 saturated carbocycles. The Balaban J connectivity index is 1.54. The van der Waals surface area contributed by atoms with E-state index in [4.69, 9.17) is 5.73 Å². The third-order valence-corrected chi connectivity index (χ3v) is 5.92. The molecule has 116 valence electrons. The Hall–Kier alpha value is -1.23. The zero-order chi connectivity index (χ0) is 14.4. The first-order chi connectivity index (χ1) is 10.2. The minimum Gasteiger partial charge on any atom is -0.369 e. The summed E-state index contributed by atoms with van der Waals surface area (Å²) in [6.07, 6.45) is 10.2. The highest BCUT2D eigenvalue weighted by Crippen LogP contribution is 2.36. The summed E-state index contributed by atoms with van der Waals surface area (Å²) in [6.45, 7) is 2.96. The number of allylic oxidation sites excluding steroid dienone is 1. The van der Waals surface area contributed by atoms with Crippen LogP contribution in [-0.2, 0) is 4.79 Å². The molecule has 1 aliphatic carbocycles. The van der Waals surface area contributed by atoms with Gasteiger partial charge in [0.25, 0.3) is 0 Å². The van der Waals surface area contributed by atoms with Gasteiger partial charge >= 0.3 is 0 Å². The molecule has 0 radical (unpaired) electrons. The molecule has 4 aliphatic rings. The lowest BCUT2D eigenvalue weighted by atomic mass is 9.81. The zero-order valence-corrected chi connectivity index (χ0v) is 12.6. The summed E-state index contributed by atoms with van der Waals surface area (Å²) in [5.74, 6) is 0.709. The fourth-order valence-electron chi connectivity index (χ4n) is 4.69. The normalized spacial score (nSPS) is 39.0. The number of nitrogens with two attached hydrogens (primary N) is 1. The zero-order valence-electron chi connectivity index (χ0n) is 12.6. The molecule has 3 aliphatic heterocycles. The van der Waals surface area contributed by atoms with Crippen LogP contribution < -0.4 is 11.1 Å². The highest BCUT2D eigenvalue weighted by atomic mass is 16.1. The second-order valence-corrected chi connectivity index (χ2v) is 7.15. The van der Waals surface area contributed by atoms with Gasteiger partial charge in [0, 0.05) is 31.0 Å². The number of carbonyl (C=O) groups is 1. The molecule has 0 aromatic rings. The Morgan fingerprint density at radius 1 is 1.24 bits per heavy atom. The van der Waals surface area contributed by atoms with Crippen LogP contribution in [0.2, 0.25) is 0 Å². The second-order valence-electron chi connectivity index (χ2n) is 7.15. The Morgan fingerprint density at radius 2 is 2.10 bits per heavy atom. The lowest BCUT2D eigenvalue weighted by Crippen LogP contribution is -2.65. The van der Waals surface area contributed by atoms with Gasteiger partial charge in [0.1, 0.15) is 0 Å². The SMILES string of the molecule is NC(=O)C1CCC2=CN3C(CN2C1)NCC1CCCCC13. The summed E-state index contributed by atoms with van der Waals surface area (Å²) < 4.78 is 0. The van der Waals surface area contributed by atoms with Gasteiger partial charge < -0.3 is 15.5 Å². The van der Waals surface area contributed by atoms with E-state index >= 15 is 0 Å². The Kier molecular flexibility index (Phi) is 3.32. The molecular formula is C16H26N4O. The van der Waals surface area contributed by atoms with Crippen molar-refractivity contribution >= 4 is 5.91 Å². The maximum atomic E-state index is 11.4. The largest absolute Gasteiger partial charge is 0.369 e. The van der Waals surface area contributed by atoms with Crippen LogP contribution in [-0.4, -0.2) is 47.5 Å². The van der Waals surface area contributed by atoms with Gasteiger partial charge in [-0.05, 0) is 31.6 Å². The Labute approximate surface area is 126 Å². The van der Waals surface area contributed by atoms with E-state index in [-0.39, 0.29) is 11.8 Å². The molecule has 0 aromatic heterocycles. The standard InChI is InChI=1S/C16H26N4O/c17-16(21)12-5-6-13-9-20-14-4-2-1-3-11(14)7-18-15(20)10-19(13)8-12/h9,11-12,14-15,18H,1-8,10H2,(H2,17,21). The van der Waals surface area contributed by atoms with Crippen LogP contribution in [0.25, 0.3) is 0 Å². The van der Waals surface area contributed by atoms with Crippen molar-refractivity contribution in [3.63, 3.8) is 0 Å². The summed E-state index contributed by atoms with van der Waals surface area (Å²) in [5, 5.41) is 3.72. The van der Waals surface area contributed by atoms with E-state index in [1.165, 1.54) is 31.4 Å². The number of piperidine rings is 1. The summed E-state index contributed by atoms with van der Waals surface area (Å²) in [5.41, 5.74) is 6.91. The number of rotatable bonds is 1. The molecule has 4 unspecified atom stereocenters. The molecule has 4 rings (SSSR count). The van der Waals surface area contributed by atoms with Gasteiger partial charge in [-0.1, -0.05) is 12.8 Å². The number of carbonyl (C=O) groups excluding carboxylic acids is 1. The predicted octanol–water partition coefficient (Wildman–Crippen LogP) is 0.829. The molecule has 0 bridgehead atoms. The minimum atomic E-state index is -0.138. The monoisotopic (exact) mass is 290 g/mol. The number of primary amides is 1. The fourth-order valence-corrected chi connectivity index (χ4v) is 4.69. The second kappa shape index (κ2) is 5.20. The van der Waals surface area contributed by atoms with Crippen LogP contribution in [0.1, 0.15) is 38.5 Å². The molecule has 3 N–H and O–H groups in total. The smallest absolute Gasteiger partial charge is 0.222 e. The van der Waals surface area contributed by atoms with Gasteiger partial charge in [-0.2, -0.15) is 0 Å². The van der Waals surface area contributed by atoms with E-state index in [0.717, 1.165) is 44.4 Å². The third-order valence-electron chi connectivity index (χ3n) is 5.92. The molecular weight excluding hydrogens is 264 g/mol. The van der Waals surface area contributed by atoms with E-state index in [1.807, 2.05) is 0 Å². The molecule has 4 atom stereocenters. The summed E-state index contributed by atoms with van der Waals surface area (Å²) >= 11 is 0. The van der Waals surface area contributed by atoms with Gasteiger partial charge in [0.2, 0.25) is 5.91 Å². The first-order valence-corrected chi connectivity index (χ1v) is 8.48. The molecule has 2 saturated heterocycles. The van der Waals surface area contributed by atoms with Crippen LogP contribution in [0, 0.1) is 11.8 Å². The third kappa shape index (κ3) is 2.31. The molecule has 21 heavy (non-hydrogen) atoms. The molecule has 1 amide bonds. The van der Waals surface area contributed by atoms with Crippen molar-refractivity contribution in [1.82, 2.24) is 15.1 Å². The van der Waals surface area contributed by atoms with Crippen LogP contribution in [0.3, 0.4) is 0 Å². The number of amides is 1. The van der Waals surface area contributed by atoms with E-state index in [1.54, 1.807) is 0 Å². The first-order valence-electron chi connectivity index (χ1n) is 8.48. The van der Waals surface area contributed by atoms with Gasteiger partial charge in [0.05, 0.1) is 18.6 Å². The summed E-state index contributed by atoms with van der Waals surface area (Å²) in [4.78, 5) is 16.4. The predicted molar refractivity (Wildman–Crippen MR) is 81.0 cm³/mol. The van der Waals surface area contributed by atoms with Crippen molar-refractivity contribution in [2.75, 3.05) is 19.6 Å². The van der Waals surface area contributed by atoms with Crippen molar-refractivity contribution in [2.24, 2.45) is 17.6 Å². The molecule has 0 aromatic carbocycles. The molecule has 3 heterocycles. The average molecular weight is 290 g/mol. The van der Waals surface area contributed by atoms with E-state index in [9.17, 15) is 4.79 Å². The van der Waals surface area contributed by atoms with Gasteiger partial charge in [-0.25, -0.2) is 0 Å². The first kappa shape index (κ1) is 13.4. The molecule has 5 nitrogen and oxygen atoms in total. The molecule has 5 heteroatoms. The van der Waals surface area contributed by atoms with Crippen LogP contribution in [0.15, 0.2) is 11.9 Å². The summed E-state index contributed by atoms with van der Waals surface area (Å²) in [6, 6.07) is 0.730. The average Bonchev–Trinajstić information content (AvgIpc) is 2.52. The van der Waals surface area contributed by atoms with Gasteiger partial charge in [0.15, 0.2) is 0 Å². The fraction of sp³-hybridized carbons (Fsp3) is 0.812. The van der Waals surface area contributed by atoms with Crippen LogP contribution >= 0.6 is 0 Å². The highest BCUT2D eigenvalue weighted by molar-refractivity contribution is 5.77. The van der Waals surface area contributed by atoms with Crippen LogP contribution in [0.5, 0.6) is 0 Å². The maximum Gasteiger partial charge on any atom is 0.222 e. The van der Waals surface area contributed by atoms with Gasteiger partial charge in [-0.15, -0.1) is 0 Å². The van der Waals surface area contributed by atoms with Crippen molar-refractivity contribution in [2.45, 2.75) is 50.7 Å². The van der Waals surface area contributed by atoms with Crippen LogP contribution in [0.4, 0.5) is 0 Å². The minimum absolute atomic E-state index is 0.0275. The number of hydrogen-bond donors (Lipinski definition) is 2. The highest BCUT2D eigenvalue weighted by Gasteiger charge is 2.41. The molecule has 0 spiro atoms. The van der Waals surface area contributed by atoms with Crippen molar-refractivity contribution in [3.05, 3.63) is 11.9 Å². The number of nitrogens with one attached hydrogen (secondary N) is 1. The lowest BCUT2D eigenvalue weighted by molar-refractivity contribution is -0.123. The lowest BCUT2D eigenvalue weighted by Gasteiger charge is -2.54. The number of fused-ring (bicyclic) bond motifs is 4. The van der Waals surface area contributed by atoms with E-state index in [2.05, 4.69) is 21.3 Å². The number of hydrogen-bond acceptors (Lipinski definition) is 4. The summed E-state index contributed by atoms with van der Waals surface area (Å²) in [7, 11) is 0. The Morgan fingerprint density at radius 3 is 2.95 bits per heavy atom. The van der Waals surface area contributed by atoms with E-state index < -0.39 is 0 Å². The van der Waals surface area contributed by atoms with Crippen molar-refractivity contribution in [1.29, 1.82) is 0 Å². The number of nitrogens with zero attached hydrogens (tertiary/aromatic N) is 2. The Bertz CT molecular complexity index is 463. The maximum absolute atomic E-state index is 11.4.